The zero-order valence-corrected chi connectivity index (χ0v) is 20.1. The lowest BCUT2D eigenvalue weighted by Gasteiger charge is -2.15. The highest BCUT2D eigenvalue weighted by Crippen LogP contribution is 2.34. The molecule has 0 amide bonds. The van der Waals surface area contributed by atoms with E-state index in [9.17, 15) is 34.4 Å². The molecule has 0 saturated carbocycles. The summed E-state index contributed by atoms with van der Waals surface area (Å²) in [4.78, 5) is -0.888. The number of benzene rings is 3. The summed E-state index contributed by atoms with van der Waals surface area (Å²) in [6.07, 6.45) is 0. The van der Waals surface area contributed by atoms with E-state index in [4.69, 9.17) is 0 Å². The van der Waals surface area contributed by atoms with E-state index in [-0.39, 0.29) is 0 Å². The van der Waals surface area contributed by atoms with Crippen LogP contribution >= 0.6 is 31.9 Å². The molecule has 0 aliphatic heterocycles. The third kappa shape index (κ3) is 4.92. The highest BCUT2D eigenvalue weighted by molar-refractivity contribution is 9.10. The van der Waals surface area contributed by atoms with E-state index in [1.165, 1.54) is 33.7 Å². The van der Waals surface area contributed by atoms with Crippen molar-refractivity contribution in [1.82, 2.24) is 0 Å². The van der Waals surface area contributed by atoms with Crippen LogP contribution in [-0.4, -0.2) is 16.8 Å². The van der Waals surface area contributed by atoms with Gasteiger partial charge in [-0.3, -0.25) is 9.44 Å². The topological polar surface area (TPSA) is 92.3 Å². The number of hydrogen-bond donors (Lipinski definition) is 2. The standard InChI is InChI=1S/C18H10Br2F4N2O4S2/c19-9-1-5-11(6-2-9)31(27,28)25-17-13(21)15(23)18(16(24)14(17)22)26-32(29,30)12-7-3-10(20)4-8-12/h1-8,25-26H. The van der Waals surface area contributed by atoms with Gasteiger partial charge in [-0.1, -0.05) is 31.9 Å². The third-order valence-electron chi connectivity index (χ3n) is 3.98. The van der Waals surface area contributed by atoms with Gasteiger partial charge in [0.25, 0.3) is 20.0 Å². The predicted molar refractivity (Wildman–Crippen MR) is 116 cm³/mol. The maximum Gasteiger partial charge on any atom is 0.262 e. The van der Waals surface area contributed by atoms with Crippen LogP contribution in [0, 0.1) is 23.3 Å². The lowest BCUT2D eigenvalue weighted by atomic mass is 10.2. The zero-order valence-electron chi connectivity index (χ0n) is 15.3. The van der Waals surface area contributed by atoms with Crippen molar-refractivity contribution in [2.75, 3.05) is 9.44 Å². The van der Waals surface area contributed by atoms with Crippen LogP contribution in [0.3, 0.4) is 0 Å². The van der Waals surface area contributed by atoms with Crippen LogP contribution in [-0.2, 0) is 20.0 Å². The van der Waals surface area contributed by atoms with Crippen LogP contribution in [0.1, 0.15) is 0 Å². The van der Waals surface area contributed by atoms with Crippen molar-refractivity contribution >= 4 is 63.3 Å². The van der Waals surface area contributed by atoms with Gasteiger partial charge in [-0.05, 0) is 48.5 Å². The summed E-state index contributed by atoms with van der Waals surface area (Å²) >= 11 is 6.16. The molecule has 0 heterocycles. The summed E-state index contributed by atoms with van der Waals surface area (Å²) in [6, 6.07) is 9.60. The molecule has 0 saturated heterocycles. The minimum atomic E-state index is -4.63. The van der Waals surface area contributed by atoms with Crippen LogP contribution in [0.25, 0.3) is 0 Å². The van der Waals surface area contributed by atoms with Gasteiger partial charge < -0.3 is 0 Å². The normalized spacial score (nSPS) is 11.9. The quantitative estimate of drug-likeness (QED) is 0.287. The highest BCUT2D eigenvalue weighted by Gasteiger charge is 2.31. The van der Waals surface area contributed by atoms with Crippen LogP contribution in [0.2, 0.25) is 0 Å². The first-order valence-corrected chi connectivity index (χ1v) is 12.8. The summed E-state index contributed by atoms with van der Waals surface area (Å²) in [6.45, 7) is 0. The molecule has 0 atom stereocenters. The van der Waals surface area contributed by atoms with E-state index in [1.807, 2.05) is 0 Å². The van der Waals surface area contributed by atoms with E-state index in [0.717, 1.165) is 24.3 Å². The van der Waals surface area contributed by atoms with Crippen molar-refractivity contribution in [3.05, 3.63) is 80.7 Å². The minimum Gasteiger partial charge on any atom is -0.274 e. The molecule has 0 unspecified atom stereocenters. The highest BCUT2D eigenvalue weighted by atomic mass is 79.9. The summed E-state index contributed by atoms with van der Waals surface area (Å²) in [5, 5.41) is 0. The van der Waals surface area contributed by atoms with Crippen LogP contribution in [0.4, 0.5) is 28.9 Å². The Hall–Kier alpha value is -2.16. The van der Waals surface area contributed by atoms with Gasteiger partial charge in [-0.25, -0.2) is 34.4 Å². The average Bonchev–Trinajstić information content (AvgIpc) is 2.73. The maximum absolute atomic E-state index is 14.5. The summed E-state index contributed by atoms with van der Waals surface area (Å²) < 4.78 is 111. The van der Waals surface area contributed by atoms with Gasteiger partial charge in [0.2, 0.25) is 0 Å². The van der Waals surface area contributed by atoms with Crippen molar-refractivity contribution in [3.8, 4) is 0 Å². The van der Waals surface area contributed by atoms with Gasteiger partial charge in [0.1, 0.15) is 11.4 Å². The Balaban J connectivity index is 2.03. The maximum atomic E-state index is 14.5. The summed E-state index contributed by atoms with van der Waals surface area (Å²) in [5.74, 6) is -8.56. The number of rotatable bonds is 6. The van der Waals surface area contributed by atoms with E-state index < -0.39 is 64.5 Å². The molecule has 170 valence electrons. The Morgan fingerprint density at radius 1 is 0.531 bits per heavy atom. The molecule has 6 nitrogen and oxygen atoms in total. The monoisotopic (exact) mass is 616 g/mol. The first-order valence-electron chi connectivity index (χ1n) is 8.26. The van der Waals surface area contributed by atoms with Gasteiger partial charge in [0, 0.05) is 8.95 Å². The molecule has 3 rings (SSSR count). The lowest BCUT2D eigenvalue weighted by Crippen LogP contribution is -2.20. The van der Waals surface area contributed by atoms with Crippen molar-refractivity contribution in [2.24, 2.45) is 0 Å². The van der Waals surface area contributed by atoms with Crippen molar-refractivity contribution in [1.29, 1.82) is 0 Å². The lowest BCUT2D eigenvalue weighted by molar-refractivity contribution is 0.465. The zero-order chi connectivity index (χ0) is 23.8. The predicted octanol–water partition coefficient (Wildman–Crippen LogP) is 5.37. The SMILES string of the molecule is O=S(=O)(Nc1c(F)c(F)c(NS(=O)(=O)c2ccc(Br)cc2)c(F)c1F)c1ccc(Br)cc1. The molecule has 14 heteroatoms. The molecule has 32 heavy (non-hydrogen) atoms. The first-order chi connectivity index (χ1) is 14.8. The number of sulfonamides is 2. The smallest absolute Gasteiger partial charge is 0.262 e. The molecule has 2 N–H and O–H groups in total. The first kappa shape index (κ1) is 24.5. The fourth-order valence-electron chi connectivity index (χ4n) is 2.42. The Morgan fingerprint density at radius 3 is 1.03 bits per heavy atom. The average molecular weight is 618 g/mol. The fraction of sp³-hybridized carbons (Fsp3) is 0. The van der Waals surface area contributed by atoms with Crippen molar-refractivity contribution in [2.45, 2.75) is 9.79 Å². The molecule has 0 bridgehead atoms. The molecular formula is C18H10Br2F4N2O4S2. The van der Waals surface area contributed by atoms with Crippen molar-refractivity contribution in [3.63, 3.8) is 0 Å². The Labute approximate surface area is 197 Å². The fourth-order valence-corrected chi connectivity index (χ4v) is 5.07. The Bertz CT molecular complexity index is 1260. The van der Waals surface area contributed by atoms with Gasteiger partial charge in [0.15, 0.2) is 23.3 Å². The van der Waals surface area contributed by atoms with Gasteiger partial charge >= 0.3 is 0 Å². The Morgan fingerprint density at radius 2 is 0.781 bits per heavy atom. The molecular weight excluding hydrogens is 608 g/mol. The summed E-state index contributed by atoms with van der Waals surface area (Å²) in [5.41, 5.74) is -3.29. The van der Waals surface area contributed by atoms with E-state index in [1.54, 1.807) is 0 Å². The van der Waals surface area contributed by atoms with E-state index >= 15 is 0 Å². The van der Waals surface area contributed by atoms with E-state index in [0.29, 0.717) is 8.95 Å². The second kappa shape index (κ2) is 9.00. The summed E-state index contributed by atoms with van der Waals surface area (Å²) in [7, 11) is -9.26. The van der Waals surface area contributed by atoms with Gasteiger partial charge in [-0.15, -0.1) is 0 Å². The number of halogens is 6. The van der Waals surface area contributed by atoms with Gasteiger partial charge in [-0.2, -0.15) is 0 Å². The Kier molecular flexibility index (Phi) is 6.88. The second-order valence-corrected chi connectivity index (χ2v) is 11.3. The second-order valence-electron chi connectivity index (χ2n) is 6.12. The van der Waals surface area contributed by atoms with E-state index in [2.05, 4.69) is 31.9 Å². The molecule has 0 aliphatic carbocycles. The molecule has 0 radical (unpaired) electrons. The van der Waals surface area contributed by atoms with Crippen LogP contribution < -0.4 is 9.44 Å². The largest absolute Gasteiger partial charge is 0.274 e. The molecule has 0 aromatic heterocycles. The molecule has 0 fully saturated rings. The molecule has 0 spiro atoms. The molecule has 3 aromatic carbocycles. The van der Waals surface area contributed by atoms with Crippen LogP contribution in [0.15, 0.2) is 67.3 Å². The van der Waals surface area contributed by atoms with Crippen molar-refractivity contribution < 1.29 is 34.4 Å². The molecule has 3 aromatic rings. The van der Waals surface area contributed by atoms with Crippen LogP contribution in [0.5, 0.6) is 0 Å². The number of hydrogen-bond acceptors (Lipinski definition) is 4. The minimum absolute atomic E-state index is 0.444. The van der Waals surface area contributed by atoms with Gasteiger partial charge in [0.05, 0.1) is 9.79 Å². The molecule has 0 aliphatic rings. The number of nitrogens with one attached hydrogen (secondary N) is 2. The third-order valence-corrected chi connectivity index (χ3v) is 7.77. The number of anilines is 2.